The Kier molecular flexibility index (Phi) is 5.91. The summed E-state index contributed by atoms with van der Waals surface area (Å²) in [6.07, 6.45) is 0.622. The lowest BCUT2D eigenvalue weighted by Gasteiger charge is -2.12. The number of hydrogen-bond donors (Lipinski definition) is 1. The minimum absolute atomic E-state index is 0.109. The first-order valence-electron chi connectivity index (χ1n) is 6.55. The monoisotopic (exact) mass is 421 g/mol. The molecule has 118 valence electrons. The van der Waals surface area contributed by atoms with Crippen LogP contribution in [0.1, 0.15) is 18.1 Å². The van der Waals surface area contributed by atoms with E-state index in [2.05, 4.69) is 20.7 Å². The summed E-state index contributed by atoms with van der Waals surface area (Å²) < 4.78 is 28.4. The summed E-state index contributed by atoms with van der Waals surface area (Å²) in [5.41, 5.74) is 1.42. The number of halogens is 3. The van der Waals surface area contributed by atoms with Crippen molar-refractivity contribution in [3.05, 3.63) is 62.0 Å². The van der Waals surface area contributed by atoms with Crippen molar-refractivity contribution in [1.82, 2.24) is 4.72 Å². The van der Waals surface area contributed by atoms with E-state index >= 15 is 0 Å². The minimum atomic E-state index is -3.61. The van der Waals surface area contributed by atoms with E-state index in [1.54, 1.807) is 30.3 Å². The third-order valence-corrected chi connectivity index (χ3v) is 5.74. The average Bonchev–Trinajstić information content (AvgIpc) is 2.45. The molecule has 0 fully saturated rings. The van der Waals surface area contributed by atoms with Crippen LogP contribution >= 0.6 is 39.1 Å². The van der Waals surface area contributed by atoms with E-state index in [1.807, 2.05) is 13.0 Å². The lowest BCUT2D eigenvalue weighted by atomic mass is 10.2. The van der Waals surface area contributed by atoms with E-state index in [1.165, 1.54) is 0 Å². The average molecular weight is 423 g/mol. The van der Waals surface area contributed by atoms with Crippen molar-refractivity contribution in [1.29, 1.82) is 0 Å². The molecule has 0 aromatic heterocycles. The maximum Gasteiger partial charge on any atom is 0.241 e. The highest BCUT2D eigenvalue weighted by atomic mass is 79.9. The van der Waals surface area contributed by atoms with E-state index in [9.17, 15) is 8.42 Å². The van der Waals surface area contributed by atoms with Crippen LogP contribution in [0.3, 0.4) is 0 Å². The molecule has 1 N–H and O–H groups in total. The summed E-state index contributed by atoms with van der Waals surface area (Å²) in [5.74, 6) is 0. The SMILES string of the molecule is CCc1cc(Br)ccc1S(=O)(=O)NCc1ccc(Cl)cc1Cl. The van der Waals surface area contributed by atoms with Crippen molar-refractivity contribution in [2.24, 2.45) is 0 Å². The lowest BCUT2D eigenvalue weighted by Crippen LogP contribution is -2.24. The van der Waals surface area contributed by atoms with Gasteiger partial charge in [-0.05, 0) is 47.9 Å². The van der Waals surface area contributed by atoms with E-state index < -0.39 is 10.0 Å². The molecule has 0 unspecified atom stereocenters. The Labute approximate surface area is 148 Å². The molecule has 2 rings (SSSR count). The van der Waals surface area contributed by atoms with E-state index in [-0.39, 0.29) is 11.4 Å². The molecule has 2 aromatic carbocycles. The van der Waals surface area contributed by atoms with Gasteiger partial charge in [-0.15, -0.1) is 0 Å². The van der Waals surface area contributed by atoms with Crippen molar-refractivity contribution in [3.8, 4) is 0 Å². The van der Waals surface area contributed by atoms with Gasteiger partial charge in [-0.1, -0.05) is 52.1 Å². The maximum absolute atomic E-state index is 12.5. The number of nitrogens with one attached hydrogen (secondary N) is 1. The van der Waals surface area contributed by atoms with Crippen LogP contribution in [0.25, 0.3) is 0 Å². The largest absolute Gasteiger partial charge is 0.241 e. The van der Waals surface area contributed by atoms with Gasteiger partial charge in [0.05, 0.1) is 4.90 Å². The van der Waals surface area contributed by atoms with E-state index in [0.717, 1.165) is 10.0 Å². The van der Waals surface area contributed by atoms with Crippen molar-refractivity contribution in [2.45, 2.75) is 24.8 Å². The highest BCUT2D eigenvalue weighted by Gasteiger charge is 2.18. The quantitative estimate of drug-likeness (QED) is 0.752. The van der Waals surface area contributed by atoms with Gasteiger partial charge < -0.3 is 0 Å². The van der Waals surface area contributed by atoms with Gasteiger partial charge in [0.25, 0.3) is 0 Å². The third-order valence-electron chi connectivity index (χ3n) is 3.16. The van der Waals surface area contributed by atoms with Crippen LogP contribution < -0.4 is 4.72 Å². The first-order chi connectivity index (χ1) is 10.3. The molecule has 0 bridgehead atoms. The van der Waals surface area contributed by atoms with Crippen LogP contribution in [-0.2, 0) is 23.0 Å². The fraction of sp³-hybridized carbons (Fsp3) is 0.200. The van der Waals surface area contributed by atoms with Crippen LogP contribution in [0.5, 0.6) is 0 Å². The van der Waals surface area contributed by atoms with E-state index in [4.69, 9.17) is 23.2 Å². The minimum Gasteiger partial charge on any atom is -0.207 e. The highest BCUT2D eigenvalue weighted by Crippen LogP contribution is 2.23. The zero-order valence-electron chi connectivity index (χ0n) is 11.7. The molecular weight excluding hydrogens is 409 g/mol. The maximum atomic E-state index is 12.5. The van der Waals surface area contributed by atoms with E-state index in [0.29, 0.717) is 22.0 Å². The summed E-state index contributed by atoms with van der Waals surface area (Å²) in [6, 6.07) is 10.1. The van der Waals surface area contributed by atoms with Crippen LogP contribution in [0.15, 0.2) is 45.8 Å². The fourth-order valence-electron chi connectivity index (χ4n) is 2.00. The van der Waals surface area contributed by atoms with Crippen LogP contribution in [0.4, 0.5) is 0 Å². The molecule has 0 aliphatic carbocycles. The Bertz CT molecular complexity index is 794. The van der Waals surface area contributed by atoms with Gasteiger partial charge in [-0.2, -0.15) is 0 Å². The lowest BCUT2D eigenvalue weighted by molar-refractivity contribution is 0.580. The normalized spacial score (nSPS) is 11.6. The second-order valence-electron chi connectivity index (χ2n) is 4.67. The Balaban J connectivity index is 2.25. The summed E-state index contributed by atoms with van der Waals surface area (Å²) >= 11 is 15.2. The standard InChI is InChI=1S/C15H14BrCl2NO2S/c1-2-10-7-12(16)4-6-15(10)22(20,21)19-9-11-3-5-13(17)8-14(11)18/h3-8,19H,2,9H2,1H3. The molecule has 22 heavy (non-hydrogen) atoms. The molecule has 2 aromatic rings. The molecule has 0 amide bonds. The first kappa shape index (κ1) is 17.8. The molecule has 7 heteroatoms. The Hall–Kier alpha value is -0.590. The number of aryl methyl sites for hydroxylation is 1. The third kappa shape index (κ3) is 4.24. The number of rotatable bonds is 5. The summed E-state index contributed by atoms with van der Waals surface area (Å²) in [6.45, 7) is 2.02. The second kappa shape index (κ2) is 7.32. The molecule has 0 aliphatic rings. The van der Waals surface area contributed by atoms with Gasteiger partial charge in [0, 0.05) is 21.1 Å². The van der Waals surface area contributed by atoms with Gasteiger partial charge in [0.15, 0.2) is 0 Å². The predicted molar refractivity (Wildman–Crippen MR) is 94.0 cm³/mol. The molecule has 0 heterocycles. The van der Waals surface area contributed by atoms with Gasteiger partial charge in [0.1, 0.15) is 0 Å². The fourth-order valence-corrected chi connectivity index (χ4v) is 4.18. The first-order valence-corrected chi connectivity index (χ1v) is 9.58. The molecule has 3 nitrogen and oxygen atoms in total. The van der Waals surface area contributed by atoms with Crippen molar-refractivity contribution in [2.75, 3.05) is 0 Å². The number of benzene rings is 2. The zero-order chi connectivity index (χ0) is 16.3. The summed E-state index contributed by atoms with van der Waals surface area (Å²) in [4.78, 5) is 0.281. The molecule has 0 radical (unpaired) electrons. The number of hydrogen-bond acceptors (Lipinski definition) is 2. The number of sulfonamides is 1. The Morgan fingerprint density at radius 1 is 1.09 bits per heavy atom. The van der Waals surface area contributed by atoms with Crippen molar-refractivity contribution in [3.63, 3.8) is 0 Å². The Morgan fingerprint density at radius 3 is 2.45 bits per heavy atom. The molecule has 0 aliphatic heterocycles. The summed E-state index contributed by atoms with van der Waals surface area (Å²) in [7, 11) is -3.61. The van der Waals surface area contributed by atoms with Crippen LogP contribution in [0, 0.1) is 0 Å². The van der Waals surface area contributed by atoms with Gasteiger partial charge >= 0.3 is 0 Å². The second-order valence-corrected chi connectivity index (χ2v) is 8.16. The smallest absolute Gasteiger partial charge is 0.207 e. The van der Waals surface area contributed by atoms with Gasteiger partial charge in [-0.25, -0.2) is 13.1 Å². The zero-order valence-corrected chi connectivity index (χ0v) is 15.7. The van der Waals surface area contributed by atoms with Crippen LogP contribution in [-0.4, -0.2) is 8.42 Å². The van der Waals surface area contributed by atoms with Gasteiger partial charge in [-0.3, -0.25) is 0 Å². The highest BCUT2D eigenvalue weighted by molar-refractivity contribution is 9.10. The molecule has 0 saturated carbocycles. The topological polar surface area (TPSA) is 46.2 Å². The van der Waals surface area contributed by atoms with Gasteiger partial charge in [0.2, 0.25) is 10.0 Å². The van der Waals surface area contributed by atoms with Crippen LogP contribution in [0.2, 0.25) is 10.0 Å². The van der Waals surface area contributed by atoms with Crippen molar-refractivity contribution >= 4 is 49.2 Å². The predicted octanol–water partition coefficient (Wildman–Crippen LogP) is 4.80. The molecule has 0 saturated heterocycles. The summed E-state index contributed by atoms with van der Waals surface area (Å²) in [5, 5.41) is 0.944. The Morgan fingerprint density at radius 2 is 1.82 bits per heavy atom. The molecule has 0 atom stereocenters. The molecule has 0 spiro atoms. The van der Waals surface area contributed by atoms with Crippen molar-refractivity contribution < 1.29 is 8.42 Å². The molecular formula is C15H14BrCl2NO2S.